The fraction of sp³-hybridized carbons (Fsp3) is 0.176. The lowest BCUT2D eigenvalue weighted by molar-refractivity contribution is -0.114. The first-order chi connectivity index (χ1) is 12.4. The van der Waals surface area contributed by atoms with Crippen LogP contribution >= 0.6 is 0 Å². The van der Waals surface area contributed by atoms with Gasteiger partial charge in [0.2, 0.25) is 22.7 Å². The summed E-state index contributed by atoms with van der Waals surface area (Å²) < 4.78 is 35.6. The molecule has 0 unspecified atom stereocenters. The number of fused-ring (bicyclic) bond motifs is 1. The Balaban J connectivity index is 1.81. The Kier molecular flexibility index (Phi) is 4.69. The van der Waals surface area contributed by atoms with Crippen molar-refractivity contribution in [3.8, 4) is 17.6 Å². The van der Waals surface area contributed by atoms with E-state index in [2.05, 4.69) is 5.32 Å². The molecule has 2 aromatic carbocycles. The summed E-state index contributed by atoms with van der Waals surface area (Å²) in [4.78, 5) is 12.4. The minimum atomic E-state index is -3.77. The van der Waals surface area contributed by atoms with Crippen molar-refractivity contribution >= 4 is 27.3 Å². The van der Waals surface area contributed by atoms with Crippen LogP contribution in [0.15, 0.2) is 42.5 Å². The molecule has 3 rings (SSSR count). The van der Waals surface area contributed by atoms with Crippen molar-refractivity contribution in [1.82, 2.24) is 0 Å². The van der Waals surface area contributed by atoms with Crippen LogP contribution in [0.2, 0.25) is 0 Å². The van der Waals surface area contributed by atoms with Gasteiger partial charge in [-0.3, -0.25) is 9.10 Å². The van der Waals surface area contributed by atoms with E-state index in [0.717, 1.165) is 10.6 Å². The summed E-state index contributed by atoms with van der Waals surface area (Å²) in [6, 6.07) is 13.0. The van der Waals surface area contributed by atoms with Gasteiger partial charge in [0.15, 0.2) is 11.5 Å². The van der Waals surface area contributed by atoms with Crippen molar-refractivity contribution in [2.75, 3.05) is 29.2 Å². The van der Waals surface area contributed by atoms with Crippen LogP contribution in [0.5, 0.6) is 11.5 Å². The molecule has 8 nitrogen and oxygen atoms in total. The number of hydrogen-bond donors (Lipinski definition) is 1. The fourth-order valence-corrected chi connectivity index (χ4v) is 3.34. The topological polar surface area (TPSA) is 109 Å². The second-order valence-corrected chi connectivity index (χ2v) is 7.42. The third-order valence-corrected chi connectivity index (χ3v) is 4.76. The third-order valence-electron chi connectivity index (χ3n) is 3.64. The van der Waals surface area contributed by atoms with Crippen LogP contribution in [-0.4, -0.2) is 33.9 Å². The molecule has 1 N–H and O–H groups in total. The number of hydrogen-bond acceptors (Lipinski definition) is 6. The molecule has 1 amide bonds. The smallest absolute Gasteiger partial charge is 0.245 e. The number of benzene rings is 2. The highest BCUT2D eigenvalue weighted by Crippen LogP contribution is 2.34. The summed E-state index contributed by atoms with van der Waals surface area (Å²) in [5, 5.41) is 11.8. The number of amides is 1. The number of ether oxygens (including phenoxy) is 2. The van der Waals surface area contributed by atoms with Gasteiger partial charge in [-0.05, 0) is 24.3 Å². The maximum atomic E-state index is 12.4. The fourth-order valence-electron chi connectivity index (χ4n) is 2.47. The van der Waals surface area contributed by atoms with Gasteiger partial charge in [-0.2, -0.15) is 5.26 Å². The lowest BCUT2D eigenvalue weighted by Crippen LogP contribution is -2.37. The van der Waals surface area contributed by atoms with Crippen LogP contribution in [0.4, 0.5) is 11.4 Å². The first kappa shape index (κ1) is 17.6. The number of nitrogens with zero attached hydrogens (tertiary/aromatic N) is 2. The van der Waals surface area contributed by atoms with Crippen LogP contribution in [0.1, 0.15) is 5.56 Å². The molecular formula is C17H15N3O5S. The van der Waals surface area contributed by atoms with E-state index in [1.807, 2.05) is 6.07 Å². The average Bonchev–Trinajstić information content (AvgIpc) is 3.06. The summed E-state index contributed by atoms with van der Waals surface area (Å²) in [5.41, 5.74) is 0.758. The Morgan fingerprint density at radius 2 is 1.96 bits per heavy atom. The molecule has 1 aliphatic rings. The molecule has 134 valence electrons. The number of rotatable bonds is 5. The van der Waals surface area contributed by atoms with Crippen molar-refractivity contribution in [3.05, 3.63) is 48.0 Å². The van der Waals surface area contributed by atoms with Gasteiger partial charge in [0.25, 0.3) is 0 Å². The molecule has 0 aliphatic carbocycles. The van der Waals surface area contributed by atoms with Gasteiger partial charge in [0.1, 0.15) is 12.6 Å². The summed E-state index contributed by atoms with van der Waals surface area (Å²) in [6.07, 6.45) is 0.981. The molecule has 0 spiro atoms. The molecule has 0 saturated carbocycles. The average molecular weight is 373 g/mol. The van der Waals surface area contributed by atoms with Gasteiger partial charge < -0.3 is 14.8 Å². The Labute approximate surface area is 150 Å². The predicted molar refractivity (Wildman–Crippen MR) is 94.5 cm³/mol. The van der Waals surface area contributed by atoms with Crippen LogP contribution < -0.4 is 19.1 Å². The van der Waals surface area contributed by atoms with E-state index in [9.17, 15) is 18.5 Å². The standard InChI is InChI=1S/C17H15N3O5S/c1-26(22,23)20(14-5-3-2-4-12(14)9-18)10-17(21)19-13-6-7-15-16(8-13)25-11-24-15/h2-8H,10-11H2,1H3,(H,19,21). The summed E-state index contributed by atoms with van der Waals surface area (Å²) in [5.74, 6) is 0.517. The maximum absolute atomic E-state index is 12.4. The van der Waals surface area contributed by atoms with Gasteiger partial charge in [-0.25, -0.2) is 8.42 Å². The Bertz CT molecular complexity index is 998. The molecule has 0 saturated heterocycles. The minimum Gasteiger partial charge on any atom is -0.454 e. The van der Waals surface area contributed by atoms with Crippen LogP contribution in [0.25, 0.3) is 0 Å². The van der Waals surface area contributed by atoms with Crippen LogP contribution in [0, 0.1) is 11.3 Å². The molecule has 0 aromatic heterocycles. The Morgan fingerprint density at radius 1 is 1.23 bits per heavy atom. The second kappa shape index (κ2) is 6.93. The molecule has 1 aliphatic heterocycles. The number of para-hydroxylation sites is 1. The van der Waals surface area contributed by atoms with Crippen LogP contribution in [0.3, 0.4) is 0 Å². The third kappa shape index (κ3) is 3.70. The van der Waals surface area contributed by atoms with E-state index in [4.69, 9.17) is 9.47 Å². The molecule has 26 heavy (non-hydrogen) atoms. The van der Waals surface area contributed by atoms with Crippen molar-refractivity contribution in [2.45, 2.75) is 0 Å². The lowest BCUT2D eigenvalue weighted by atomic mass is 10.2. The van der Waals surface area contributed by atoms with Gasteiger partial charge in [-0.15, -0.1) is 0 Å². The van der Waals surface area contributed by atoms with E-state index >= 15 is 0 Å². The van der Waals surface area contributed by atoms with Gasteiger partial charge in [-0.1, -0.05) is 12.1 Å². The number of carbonyl (C=O) groups is 1. The molecule has 9 heteroatoms. The largest absolute Gasteiger partial charge is 0.454 e. The maximum Gasteiger partial charge on any atom is 0.245 e. The van der Waals surface area contributed by atoms with Crippen molar-refractivity contribution in [2.24, 2.45) is 0 Å². The van der Waals surface area contributed by atoms with Gasteiger partial charge in [0.05, 0.1) is 17.5 Å². The zero-order valence-corrected chi connectivity index (χ0v) is 14.6. The predicted octanol–water partition coefficient (Wildman–Crippen LogP) is 1.69. The SMILES string of the molecule is CS(=O)(=O)N(CC(=O)Nc1ccc2c(c1)OCO2)c1ccccc1C#N. The normalized spacial score (nSPS) is 12.3. The van der Waals surface area contributed by atoms with E-state index in [1.54, 1.807) is 30.3 Å². The number of sulfonamides is 1. The van der Waals surface area contributed by atoms with Crippen LogP contribution in [-0.2, 0) is 14.8 Å². The zero-order chi connectivity index (χ0) is 18.7. The second-order valence-electron chi connectivity index (χ2n) is 5.51. The highest BCUT2D eigenvalue weighted by molar-refractivity contribution is 7.92. The highest BCUT2D eigenvalue weighted by atomic mass is 32.2. The van der Waals surface area contributed by atoms with Crippen molar-refractivity contribution in [1.29, 1.82) is 5.26 Å². The quantitative estimate of drug-likeness (QED) is 0.854. The van der Waals surface area contributed by atoms with E-state index in [0.29, 0.717) is 17.2 Å². The lowest BCUT2D eigenvalue weighted by Gasteiger charge is -2.22. The Morgan fingerprint density at radius 3 is 2.69 bits per heavy atom. The number of nitriles is 1. The number of anilines is 2. The summed E-state index contributed by atoms with van der Waals surface area (Å²) in [7, 11) is -3.77. The monoisotopic (exact) mass is 373 g/mol. The minimum absolute atomic E-state index is 0.111. The highest BCUT2D eigenvalue weighted by Gasteiger charge is 2.23. The van der Waals surface area contributed by atoms with E-state index in [-0.39, 0.29) is 18.0 Å². The van der Waals surface area contributed by atoms with Crippen molar-refractivity contribution in [3.63, 3.8) is 0 Å². The van der Waals surface area contributed by atoms with Gasteiger partial charge in [0, 0.05) is 11.8 Å². The van der Waals surface area contributed by atoms with Crippen molar-refractivity contribution < 1.29 is 22.7 Å². The van der Waals surface area contributed by atoms with E-state index in [1.165, 1.54) is 12.1 Å². The number of carbonyl (C=O) groups excluding carboxylic acids is 1. The first-order valence-electron chi connectivity index (χ1n) is 7.55. The zero-order valence-electron chi connectivity index (χ0n) is 13.8. The number of nitrogens with one attached hydrogen (secondary N) is 1. The molecule has 0 fully saturated rings. The molecule has 0 radical (unpaired) electrons. The Hall–Kier alpha value is -3.25. The van der Waals surface area contributed by atoms with Gasteiger partial charge >= 0.3 is 0 Å². The molecular weight excluding hydrogens is 358 g/mol. The first-order valence-corrected chi connectivity index (χ1v) is 9.39. The summed E-state index contributed by atoms with van der Waals surface area (Å²) in [6.45, 7) is -0.356. The molecule has 2 aromatic rings. The summed E-state index contributed by atoms with van der Waals surface area (Å²) >= 11 is 0. The molecule has 1 heterocycles. The van der Waals surface area contributed by atoms with E-state index < -0.39 is 22.5 Å². The molecule has 0 atom stereocenters. The molecule has 0 bridgehead atoms.